The maximum absolute atomic E-state index is 12.9. The molecule has 0 saturated carbocycles. The van der Waals surface area contributed by atoms with Gasteiger partial charge < -0.3 is 10.1 Å². The lowest BCUT2D eigenvalue weighted by Gasteiger charge is -2.07. The summed E-state index contributed by atoms with van der Waals surface area (Å²) < 4.78 is 18.9. The zero-order chi connectivity index (χ0) is 15.6. The number of halogens is 1. The van der Waals surface area contributed by atoms with Crippen LogP contribution in [0.1, 0.15) is 26.5 Å². The van der Waals surface area contributed by atoms with E-state index >= 15 is 0 Å². The summed E-state index contributed by atoms with van der Waals surface area (Å²) >= 11 is 0. The van der Waals surface area contributed by atoms with Gasteiger partial charge in [0, 0.05) is 12.6 Å². The fourth-order valence-corrected chi connectivity index (χ4v) is 1.93. The second-order valence-corrected chi connectivity index (χ2v) is 4.39. The summed E-state index contributed by atoms with van der Waals surface area (Å²) in [6, 6.07) is 5.08. The molecule has 0 fully saturated rings. The van der Waals surface area contributed by atoms with E-state index in [-0.39, 0.29) is 16.9 Å². The molecule has 2 aromatic rings. The first kappa shape index (κ1) is 14.7. The van der Waals surface area contributed by atoms with Crippen LogP contribution in [0.25, 0.3) is 0 Å². The van der Waals surface area contributed by atoms with Crippen molar-refractivity contribution in [2.75, 3.05) is 12.4 Å². The zero-order valence-electron chi connectivity index (χ0n) is 11.8. The first-order chi connectivity index (χ1) is 9.93. The molecule has 0 aliphatic heterocycles. The van der Waals surface area contributed by atoms with Crippen LogP contribution < -0.4 is 5.32 Å². The largest absolute Gasteiger partial charge is 0.464 e. The van der Waals surface area contributed by atoms with Crippen molar-refractivity contribution in [2.45, 2.75) is 6.92 Å². The normalized spacial score (nSPS) is 10.3. The Morgan fingerprint density at radius 1 is 1.29 bits per heavy atom. The Balaban J connectivity index is 2.33. The number of benzene rings is 1. The number of amides is 1. The summed E-state index contributed by atoms with van der Waals surface area (Å²) in [5.41, 5.74) is 1.17. The molecule has 0 saturated heterocycles. The highest BCUT2D eigenvalue weighted by Gasteiger charge is 2.22. The molecule has 0 bridgehead atoms. The number of aryl methyl sites for hydroxylation is 2. The van der Waals surface area contributed by atoms with Crippen molar-refractivity contribution in [1.29, 1.82) is 0 Å². The van der Waals surface area contributed by atoms with E-state index in [0.717, 1.165) is 0 Å². The lowest BCUT2D eigenvalue weighted by atomic mass is 10.2. The Kier molecular flexibility index (Phi) is 4.02. The minimum Gasteiger partial charge on any atom is -0.464 e. The fourth-order valence-electron chi connectivity index (χ4n) is 1.93. The zero-order valence-corrected chi connectivity index (χ0v) is 11.8. The van der Waals surface area contributed by atoms with E-state index in [2.05, 4.69) is 15.2 Å². The number of hydrogen-bond acceptors (Lipinski definition) is 4. The van der Waals surface area contributed by atoms with Gasteiger partial charge in [-0.1, -0.05) is 0 Å². The van der Waals surface area contributed by atoms with Gasteiger partial charge in [0.2, 0.25) is 0 Å². The van der Waals surface area contributed by atoms with Crippen molar-refractivity contribution >= 4 is 17.6 Å². The van der Waals surface area contributed by atoms with E-state index in [0.29, 0.717) is 5.69 Å². The van der Waals surface area contributed by atoms with Crippen LogP contribution in [0.3, 0.4) is 0 Å². The second kappa shape index (κ2) is 5.74. The average molecular weight is 291 g/mol. The van der Waals surface area contributed by atoms with Crippen molar-refractivity contribution in [1.82, 2.24) is 9.78 Å². The highest BCUT2D eigenvalue weighted by atomic mass is 19.1. The van der Waals surface area contributed by atoms with Crippen LogP contribution in [-0.2, 0) is 11.8 Å². The predicted octanol–water partition coefficient (Wildman–Crippen LogP) is 1.91. The third-order valence-corrected chi connectivity index (χ3v) is 2.95. The monoisotopic (exact) mass is 291 g/mol. The smallest absolute Gasteiger partial charge is 0.358 e. The van der Waals surface area contributed by atoms with Crippen LogP contribution in [0.5, 0.6) is 0 Å². The quantitative estimate of drug-likeness (QED) is 0.877. The first-order valence-corrected chi connectivity index (χ1v) is 6.13. The molecule has 0 atom stereocenters. The van der Waals surface area contributed by atoms with E-state index in [1.165, 1.54) is 36.1 Å². The minimum absolute atomic E-state index is 0.144. The van der Waals surface area contributed by atoms with Gasteiger partial charge >= 0.3 is 5.97 Å². The molecule has 6 nitrogen and oxygen atoms in total. The van der Waals surface area contributed by atoms with Crippen LogP contribution >= 0.6 is 0 Å². The molecular weight excluding hydrogens is 277 g/mol. The SMILES string of the molecule is COC(=O)c1c(NC(=O)c2ccc(F)cc2)c(C)nn1C. The Morgan fingerprint density at radius 3 is 2.48 bits per heavy atom. The van der Waals surface area contributed by atoms with Crippen LogP contribution in [-0.4, -0.2) is 28.8 Å². The first-order valence-electron chi connectivity index (χ1n) is 6.13. The molecule has 7 heteroatoms. The number of rotatable bonds is 3. The number of methoxy groups -OCH3 is 1. The van der Waals surface area contributed by atoms with Crippen LogP contribution in [0.2, 0.25) is 0 Å². The topological polar surface area (TPSA) is 73.2 Å². The molecule has 21 heavy (non-hydrogen) atoms. The molecule has 110 valence electrons. The van der Waals surface area contributed by atoms with Crippen molar-refractivity contribution < 1.29 is 18.7 Å². The highest BCUT2D eigenvalue weighted by molar-refractivity contribution is 6.07. The van der Waals surface area contributed by atoms with Crippen molar-refractivity contribution in [3.05, 3.63) is 47.0 Å². The maximum Gasteiger partial charge on any atom is 0.358 e. The van der Waals surface area contributed by atoms with E-state index in [9.17, 15) is 14.0 Å². The Morgan fingerprint density at radius 2 is 1.90 bits per heavy atom. The fraction of sp³-hybridized carbons (Fsp3) is 0.214. The number of hydrogen-bond donors (Lipinski definition) is 1. The summed E-state index contributed by atoms with van der Waals surface area (Å²) in [4.78, 5) is 23.9. The molecule has 0 aliphatic rings. The number of nitrogens with one attached hydrogen (secondary N) is 1. The van der Waals surface area contributed by atoms with Gasteiger partial charge in [0.05, 0.1) is 18.5 Å². The predicted molar refractivity (Wildman–Crippen MR) is 73.6 cm³/mol. The summed E-state index contributed by atoms with van der Waals surface area (Å²) in [6.45, 7) is 1.66. The van der Waals surface area contributed by atoms with Gasteiger partial charge in [-0.05, 0) is 31.2 Å². The maximum atomic E-state index is 12.9. The number of nitrogens with zero attached hydrogens (tertiary/aromatic N) is 2. The number of aromatic nitrogens is 2. The van der Waals surface area contributed by atoms with Crippen molar-refractivity contribution in [3.8, 4) is 0 Å². The summed E-state index contributed by atoms with van der Waals surface area (Å²) in [7, 11) is 2.82. The lowest BCUT2D eigenvalue weighted by molar-refractivity contribution is 0.0589. The average Bonchev–Trinajstić information content (AvgIpc) is 2.73. The van der Waals surface area contributed by atoms with E-state index in [1.807, 2.05) is 0 Å². The van der Waals surface area contributed by atoms with E-state index in [4.69, 9.17) is 0 Å². The second-order valence-electron chi connectivity index (χ2n) is 4.39. The minimum atomic E-state index is -0.604. The van der Waals surface area contributed by atoms with Gasteiger partial charge in [-0.3, -0.25) is 9.48 Å². The summed E-state index contributed by atoms with van der Waals surface area (Å²) in [6.07, 6.45) is 0. The molecule has 1 N–H and O–H groups in total. The molecular formula is C14H14FN3O3. The number of anilines is 1. The lowest BCUT2D eigenvalue weighted by Crippen LogP contribution is -2.16. The van der Waals surface area contributed by atoms with Crippen LogP contribution in [0.4, 0.5) is 10.1 Å². The Bertz CT molecular complexity index is 692. The molecule has 1 aromatic heterocycles. The number of ether oxygens (including phenoxy) is 1. The molecule has 0 radical (unpaired) electrons. The number of carbonyl (C=O) groups is 2. The molecule has 1 heterocycles. The third-order valence-electron chi connectivity index (χ3n) is 2.95. The summed E-state index contributed by atoms with van der Waals surface area (Å²) in [5.74, 6) is -1.50. The number of carbonyl (C=O) groups excluding carboxylic acids is 2. The van der Waals surface area contributed by atoms with Gasteiger partial charge in [0.1, 0.15) is 5.82 Å². The number of esters is 1. The molecule has 0 aliphatic carbocycles. The highest BCUT2D eigenvalue weighted by Crippen LogP contribution is 2.21. The van der Waals surface area contributed by atoms with Gasteiger partial charge in [0.25, 0.3) is 5.91 Å². The van der Waals surface area contributed by atoms with Gasteiger partial charge in [-0.25, -0.2) is 9.18 Å². The third kappa shape index (κ3) is 2.91. The Labute approximate surface area is 120 Å². The molecule has 1 aromatic carbocycles. The van der Waals surface area contributed by atoms with Crippen LogP contribution in [0.15, 0.2) is 24.3 Å². The molecule has 0 unspecified atom stereocenters. The standard InChI is InChI=1S/C14H14FN3O3/c1-8-11(12(14(20)21-3)18(2)17-8)16-13(19)9-4-6-10(15)7-5-9/h4-7H,1-3H3,(H,16,19). The van der Waals surface area contributed by atoms with E-state index < -0.39 is 17.7 Å². The van der Waals surface area contributed by atoms with Gasteiger partial charge in [-0.2, -0.15) is 5.10 Å². The van der Waals surface area contributed by atoms with E-state index in [1.54, 1.807) is 14.0 Å². The van der Waals surface area contributed by atoms with Crippen molar-refractivity contribution in [3.63, 3.8) is 0 Å². The van der Waals surface area contributed by atoms with Crippen LogP contribution in [0, 0.1) is 12.7 Å². The van der Waals surface area contributed by atoms with Gasteiger partial charge in [0.15, 0.2) is 5.69 Å². The van der Waals surface area contributed by atoms with Crippen molar-refractivity contribution in [2.24, 2.45) is 7.05 Å². The Hall–Kier alpha value is -2.70. The molecule has 1 amide bonds. The van der Waals surface area contributed by atoms with Gasteiger partial charge in [-0.15, -0.1) is 0 Å². The molecule has 2 rings (SSSR count). The summed E-state index contributed by atoms with van der Waals surface area (Å²) in [5, 5.41) is 6.69. The molecule has 0 spiro atoms.